The fourth-order valence-corrected chi connectivity index (χ4v) is 2.68. The Morgan fingerprint density at radius 1 is 1.56 bits per heavy atom. The average molecular weight is 251 g/mol. The van der Waals surface area contributed by atoms with Gasteiger partial charge >= 0.3 is 0 Å². The molecule has 1 aromatic heterocycles. The number of nitrogens with zero attached hydrogens (tertiary/aromatic N) is 2. The highest BCUT2D eigenvalue weighted by Gasteiger charge is 2.22. The van der Waals surface area contributed by atoms with Crippen LogP contribution in [0, 0.1) is 11.8 Å². The van der Waals surface area contributed by atoms with Gasteiger partial charge in [-0.05, 0) is 37.3 Å². The van der Waals surface area contributed by atoms with Gasteiger partial charge in [0.25, 0.3) is 0 Å². The van der Waals surface area contributed by atoms with E-state index in [4.69, 9.17) is 4.74 Å². The molecule has 1 aliphatic heterocycles. The van der Waals surface area contributed by atoms with Crippen LogP contribution < -0.4 is 0 Å². The van der Waals surface area contributed by atoms with Gasteiger partial charge < -0.3 is 4.74 Å². The second-order valence-electron chi connectivity index (χ2n) is 5.83. The molecule has 0 aliphatic carbocycles. The van der Waals surface area contributed by atoms with E-state index < -0.39 is 0 Å². The lowest BCUT2D eigenvalue weighted by Gasteiger charge is -2.14. The normalized spacial score (nSPS) is 21.0. The summed E-state index contributed by atoms with van der Waals surface area (Å²) in [6.07, 6.45) is 2.31. The lowest BCUT2D eigenvalue weighted by molar-refractivity contribution is 0.152. The van der Waals surface area contributed by atoms with E-state index in [2.05, 4.69) is 35.0 Å². The molecular formula is C14H25N3O. The third-order valence-corrected chi connectivity index (χ3v) is 3.47. The van der Waals surface area contributed by atoms with Crippen molar-refractivity contribution >= 4 is 0 Å². The molecule has 1 fully saturated rings. The molecule has 1 aliphatic rings. The molecule has 102 valence electrons. The summed E-state index contributed by atoms with van der Waals surface area (Å²) in [6.45, 7) is 8.65. The van der Waals surface area contributed by atoms with Gasteiger partial charge in [0.15, 0.2) is 0 Å². The molecule has 0 aromatic carbocycles. The van der Waals surface area contributed by atoms with Crippen molar-refractivity contribution in [3.8, 4) is 0 Å². The Hall–Kier alpha value is -0.870. The van der Waals surface area contributed by atoms with E-state index in [-0.39, 0.29) is 0 Å². The first kappa shape index (κ1) is 13.6. The molecule has 1 atom stereocenters. The van der Waals surface area contributed by atoms with Crippen LogP contribution in [0.4, 0.5) is 0 Å². The molecule has 4 heteroatoms. The molecule has 1 N–H and O–H groups in total. The Balaban J connectivity index is 1.81. The Morgan fingerprint density at radius 3 is 3.11 bits per heavy atom. The molecule has 18 heavy (non-hydrogen) atoms. The van der Waals surface area contributed by atoms with Crippen LogP contribution >= 0.6 is 0 Å². The topological polar surface area (TPSA) is 41.1 Å². The van der Waals surface area contributed by atoms with Gasteiger partial charge in [0.05, 0.1) is 12.3 Å². The number of likely N-dealkylation sites (tertiary alicyclic amines) is 1. The van der Waals surface area contributed by atoms with E-state index in [9.17, 15) is 0 Å². The van der Waals surface area contributed by atoms with E-state index in [0.717, 1.165) is 26.1 Å². The Labute approximate surface area is 110 Å². The number of nitrogens with one attached hydrogen (secondary N) is 1. The first-order valence-corrected chi connectivity index (χ1v) is 6.91. The summed E-state index contributed by atoms with van der Waals surface area (Å²) in [6, 6.07) is 2.21. The lowest BCUT2D eigenvalue weighted by atomic mass is 10.1. The summed E-state index contributed by atoms with van der Waals surface area (Å²) in [5.41, 5.74) is 2.43. The van der Waals surface area contributed by atoms with E-state index in [1.54, 1.807) is 7.11 Å². The largest absolute Gasteiger partial charge is 0.384 e. The summed E-state index contributed by atoms with van der Waals surface area (Å²) in [5, 5.41) is 7.54. The van der Waals surface area contributed by atoms with Gasteiger partial charge in [0, 0.05) is 25.9 Å². The Bertz CT molecular complexity index is 362. The maximum Gasteiger partial charge on any atom is 0.0628 e. The van der Waals surface area contributed by atoms with Crippen LogP contribution in [-0.2, 0) is 17.7 Å². The molecule has 4 nitrogen and oxygen atoms in total. The molecule has 0 radical (unpaired) electrons. The first-order chi connectivity index (χ1) is 8.67. The van der Waals surface area contributed by atoms with Crippen molar-refractivity contribution in [2.75, 3.05) is 26.8 Å². The van der Waals surface area contributed by atoms with Crippen molar-refractivity contribution in [1.82, 2.24) is 15.1 Å². The van der Waals surface area contributed by atoms with Crippen LogP contribution in [-0.4, -0.2) is 41.9 Å². The van der Waals surface area contributed by atoms with Gasteiger partial charge in [-0.1, -0.05) is 13.8 Å². The zero-order valence-corrected chi connectivity index (χ0v) is 11.8. The van der Waals surface area contributed by atoms with E-state index in [1.165, 1.54) is 24.4 Å². The average Bonchev–Trinajstić information content (AvgIpc) is 2.89. The van der Waals surface area contributed by atoms with Gasteiger partial charge in [-0.15, -0.1) is 0 Å². The minimum Gasteiger partial charge on any atom is -0.384 e. The number of hydrogen-bond donors (Lipinski definition) is 1. The third kappa shape index (κ3) is 3.82. The van der Waals surface area contributed by atoms with Crippen molar-refractivity contribution in [2.24, 2.45) is 11.8 Å². The van der Waals surface area contributed by atoms with Gasteiger partial charge in [-0.3, -0.25) is 10.00 Å². The van der Waals surface area contributed by atoms with Crippen molar-refractivity contribution < 1.29 is 4.74 Å². The molecule has 0 bridgehead atoms. The van der Waals surface area contributed by atoms with Gasteiger partial charge in [-0.2, -0.15) is 5.10 Å². The molecule has 0 unspecified atom stereocenters. The second-order valence-corrected chi connectivity index (χ2v) is 5.83. The van der Waals surface area contributed by atoms with Crippen molar-refractivity contribution in [2.45, 2.75) is 33.2 Å². The molecule has 2 rings (SSSR count). The molecular weight excluding hydrogens is 226 g/mol. The fourth-order valence-electron chi connectivity index (χ4n) is 2.68. The highest BCUT2D eigenvalue weighted by Crippen LogP contribution is 2.18. The number of methoxy groups -OCH3 is 1. The van der Waals surface area contributed by atoms with Crippen LogP contribution in [0.25, 0.3) is 0 Å². The number of rotatable bonds is 6. The monoisotopic (exact) mass is 251 g/mol. The maximum absolute atomic E-state index is 5.23. The first-order valence-electron chi connectivity index (χ1n) is 6.91. The van der Waals surface area contributed by atoms with Gasteiger partial charge in [0.2, 0.25) is 0 Å². The van der Waals surface area contributed by atoms with Gasteiger partial charge in [0.1, 0.15) is 0 Å². The summed E-state index contributed by atoms with van der Waals surface area (Å²) >= 11 is 0. The molecule has 1 saturated heterocycles. The predicted octanol–water partition coefficient (Wildman–Crippen LogP) is 2.08. The molecule has 1 aromatic rings. The van der Waals surface area contributed by atoms with Crippen molar-refractivity contribution in [1.29, 1.82) is 0 Å². The maximum atomic E-state index is 5.23. The predicted molar refractivity (Wildman–Crippen MR) is 72.4 cm³/mol. The zero-order valence-electron chi connectivity index (χ0n) is 11.8. The van der Waals surface area contributed by atoms with Gasteiger partial charge in [-0.25, -0.2) is 0 Å². The Morgan fingerprint density at radius 2 is 2.39 bits per heavy atom. The van der Waals surface area contributed by atoms with Crippen LogP contribution in [0.1, 0.15) is 31.7 Å². The highest BCUT2D eigenvalue weighted by molar-refractivity contribution is 5.09. The molecule has 0 saturated carbocycles. The van der Waals surface area contributed by atoms with Crippen molar-refractivity contribution in [3.05, 3.63) is 17.5 Å². The quantitative estimate of drug-likeness (QED) is 0.841. The summed E-state index contributed by atoms with van der Waals surface area (Å²) in [4.78, 5) is 2.48. The second kappa shape index (κ2) is 6.34. The molecule has 2 heterocycles. The summed E-state index contributed by atoms with van der Waals surface area (Å²) in [5.74, 6) is 1.37. The summed E-state index contributed by atoms with van der Waals surface area (Å²) < 4.78 is 5.23. The van der Waals surface area contributed by atoms with E-state index in [1.807, 2.05) is 0 Å². The molecule has 0 amide bonds. The minimum atomic E-state index is 0.666. The smallest absolute Gasteiger partial charge is 0.0628 e. The number of aromatic nitrogens is 2. The number of aromatic amines is 1. The number of hydrogen-bond acceptors (Lipinski definition) is 3. The highest BCUT2D eigenvalue weighted by atomic mass is 16.5. The third-order valence-electron chi connectivity index (χ3n) is 3.47. The Kier molecular flexibility index (Phi) is 4.78. The standard InChI is InChI=1S/C14H25N3O/c1-11(2)6-13-7-14(16-15-13)9-17-5-4-12(8-17)10-18-3/h7,11-12H,4-6,8-10H2,1-3H3,(H,15,16)/t12-/m1/s1. The number of H-pyrrole nitrogens is 1. The van der Waals surface area contributed by atoms with Crippen LogP contribution in [0.15, 0.2) is 6.07 Å². The van der Waals surface area contributed by atoms with Crippen LogP contribution in [0.3, 0.4) is 0 Å². The van der Waals surface area contributed by atoms with E-state index >= 15 is 0 Å². The van der Waals surface area contributed by atoms with E-state index in [0.29, 0.717) is 11.8 Å². The summed E-state index contributed by atoms with van der Waals surface area (Å²) in [7, 11) is 1.79. The van der Waals surface area contributed by atoms with Crippen LogP contribution in [0.5, 0.6) is 0 Å². The number of ether oxygens (including phenoxy) is 1. The fraction of sp³-hybridized carbons (Fsp3) is 0.786. The molecule has 0 spiro atoms. The van der Waals surface area contributed by atoms with Crippen LogP contribution in [0.2, 0.25) is 0 Å². The lowest BCUT2D eigenvalue weighted by Crippen LogP contribution is -2.21. The van der Waals surface area contributed by atoms with Crippen molar-refractivity contribution in [3.63, 3.8) is 0 Å². The zero-order chi connectivity index (χ0) is 13.0. The minimum absolute atomic E-state index is 0.666. The SMILES string of the molecule is COC[C@@H]1CCN(Cc2cc(CC(C)C)n[nH]2)C1.